The number of rotatable bonds is 3. The minimum atomic E-state index is -0.558. The van der Waals surface area contributed by atoms with Crippen LogP contribution < -0.4 is 5.32 Å². The van der Waals surface area contributed by atoms with Gasteiger partial charge in [0, 0.05) is 22.6 Å². The summed E-state index contributed by atoms with van der Waals surface area (Å²) in [7, 11) is 0. The van der Waals surface area contributed by atoms with E-state index in [0.717, 1.165) is 28.1 Å². The number of halogens is 1. The van der Waals surface area contributed by atoms with Crippen LogP contribution in [0.15, 0.2) is 42.5 Å². The molecule has 0 spiro atoms. The van der Waals surface area contributed by atoms with Crippen LogP contribution in [0.3, 0.4) is 0 Å². The Morgan fingerprint density at radius 3 is 2.71 bits per heavy atom. The topological polar surface area (TPSA) is 64.0 Å². The number of hydrogen-bond donors (Lipinski definition) is 1. The Balaban J connectivity index is 1.85. The molecule has 0 unspecified atom stereocenters. The van der Waals surface area contributed by atoms with Gasteiger partial charge in [-0.25, -0.2) is 4.68 Å². The average molecular weight is 394 g/mol. The lowest BCUT2D eigenvalue weighted by atomic mass is 9.84. The molecule has 1 atom stereocenters. The number of fused-ring (bicyclic) bond motifs is 1. The van der Waals surface area contributed by atoms with E-state index in [1.165, 1.54) is 0 Å². The standard InChI is InChI=1S/C22H20ClN3O2/c1-12-7-8-13(2)17(9-12)21(28)18-11-19(27)24-22-20(18)14(3)25-26(22)16-6-4-5-15(23)10-16/h4-10,18H,11H2,1-3H3,(H,24,27)/t18-/m0/s1. The number of aryl methyl sites for hydroxylation is 3. The second kappa shape index (κ2) is 6.91. The number of aromatic nitrogens is 2. The number of hydrogen-bond acceptors (Lipinski definition) is 3. The summed E-state index contributed by atoms with van der Waals surface area (Å²) in [5.41, 5.74) is 4.80. The van der Waals surface area contributed by atoms with E-state index in [2.05, 4.69) is 10.4 Å². The van der Waals surface area contributed by atoms with Gasteiger partial charge in [-0.2, -0.15) is 5.10 Å². The van der Waals surface area contributed by atoms with Crippen molar-refractivity contribution in [2.24, 2.45) is 0 Å². The molecule has 0 radical (unpaired) electrons. The summed E-state index contributed by atoms with van der Waals surface area (Å²) < 4.78 is 1.65. The second-order valence-corrected chi connectivity index (χ2v) is 7.66. The number of nitrogens with zero attached hydrogens (tertiary/aromatic N) is 2. The first kappa shape index (κ1) is 18.4. The van der Waals surface area contributed by atoms with E-state index in [-0.39, 0.29) is 18.1 Å². The third-order valence-electron chi connectivity index (χ3n) is 5.13. The van der Waals surface area contributed by atoms with Gasteiger partial charge >= 0.3 is 0 Å². The quantitative estimate of drug-likeness (QED) is 0.652. The number of amides is 1. The number of carbonyl (C=O) groups is 2. The van der Waals surface area contributed by atoms with E-state index >= 15 is 0 Å². The molecule has 0 saturated heterocycles. The molecule has 3 aromatic rings. The number of Topliss-reactive ketones (excluding diaryl/α,β-unsaturated/α-hetero) is 1. The number of nitrogens with one attached hydrogen (secondary N) is 1. The first-order valence-electron chi connectivity index (χ1n) is 9.12. The molecule has 5 nitrogen and oxygen atoms in total. The van der Waals surface area contributed by atoms with Crippen LogP contribution in [0.4, 0.5) is 5.82 Å². The Morgan fingerprint density at radius 2 is 1.96 bits per heavy atom. The molecule has 1 aliphatic rings. The Labute approximate surface area is 168 Å². The van der Waals surface area contributed by atoms with Gasteiger partial charge in [0.25, 0.3) is 0 Å². The van der Waals surface area contributed by atoms with Crippen molar-refractivity contribution in [2.75, 3.05) is 5.32 Å². The van der Waals surface area contributed by atoms with Gasteiger partial charge in [0.1, 0.15) is 5.82 Å². The van der Waals surface area contributed by atoms with Crippen molar-refractivity contribution in [3.05, 3.63) is 75.4 Å². The van der Waals surface area contributed by atoms with Crippen LogP contribution in [0.2, 0.25) is 5.02 Å². The molecule has 1 aliphatic heterocycles. The number of ketones is 1. The molecule has 0 aliphatic carbocycles. The lowest BCUT2D eigenvalue weighted by molar-refractivity contribution is -0.116. The fourth-order valence-corrected chi connectivity index (χ4v) is 3.94. The summed E-state index contributed by atoms with van der Waals surface area (Å²) in [6, 6.07) is 13.0. The Bertz CT molecular complexity index is 1120. The Hall–Kier alpha value is -2.92. The monoisotopic (exact) mass is 393 g/mol. The van der Waals surface area contributed by atoms with Crippen LogP contribution >= 0.6 is 11.6 Å². The average Bonchev–Trinajstić information content (AvgIpc) is 2.99. The Morgan fingerprint density at radius 1 is 1.18 bits per heavy atom. The van der Waals surface area contributed by atoms with Gasteiger partial charge in [-0.05, 0) is 50.6 Å². The molecule has 1 N–H and O–H groups in total. The summed E-state index contributed by atoms with van der Waals surface area (Å²) in [5.74, 6) is -0.262. The number of carbonyl (C=O) groups excluding carboxylic acids is 2. The molecular formula is C22H20ClN3O2. The van der Waals surface area contributed by atoms with Crippen LogP contribution in [-0.4, -0.2) is 21.5 Å². The van der Waals surface area contributed by atoms with E-state index in [0.29, 0.717) is 16.4 Å². The van der Waals surface area contributed by atoms with Gasteiger partial charge in [0.05, 0.1) is 17.3 Å². The molecule has 2 heterocycles. The molecule has 6 heteroatoms. The number of benzene rings is 2. The van der Waals surface area contributed by atoms with Gasteiger partial charge in [0.2, 0.25) is 5.91 Å². The van der Waals surface area contributed by atoms with E-state index in [4.69, 9.17) is 11.6 Å². The largest absolute Gasteiger partial charge is 0.310 e. The maximum absolute atomic E-state index is 13.4. The highest BCUT2D eigenvalue weighted by Crippen LogP contribution is 2.38. The third kappa shape index (κ3) is 3.12. The molecule has 142 valence electrons. The summed E-state index contributed by atoms with van der Waals surface area (Å²) in [5, 5.41) is 8.06. The molecule has 0 saturated carbocycles. The lowest BCUT2D eigenvalue weighted by Crippen LogP contribution is -2.28. The van der Waals surface area contributed by atoms with Crippen molar-refractivity contribution in [3.8, 4) is 5.69 Å². The highest BCUT2D eigenvalue weighted by Gasteiger charge is 2.36. The van der Waals surface area contributed by atoms with Crippen LogP contribution in [0.1, 0.15) is 45.1 Å². The second-order valence-electron chi connectivity index (χ2n) is 7.23. The van der Waals surface area contributed by atoms with Crippen LogP contribution in [-0.2, 0) is 4.79 Å². The fraction of sp³-hybridized carbons (Fsp3) is 0.227. The van der Waals surface area contributed by atoms with Gasteiger partial charge in [-0.1, -0.05) is 35.4 Å². The normalized spacial score (nSPS) is 15.9. The van der Waals surface area contributed by atoms with E-state index in [1.54, 1.807) is 16.8 Å². The molecule has 0 fully saturated rings. The maximum atomic E-state index is 13.4. The smallest absolute Gasteiger partial charge is 0.226 e. The molecule has 0 bridgehead atoms. The van der Waals surface area contributed by atoms with E-state index < -0.39 is 5.92 Å². The van der Waals surface area contributed by atoms with Crippen molar-refractivity contribution >= 4 is 29.1 Å². The zero-order chi connectivity index (χ0) is 20.0. The van der Waals surface area contributed by atoms with E-state index in [9.17, 15) is 9.59 Å². The predicted octanol–water partition coefficient (Wildman–Crippen LogP) is 4.76. The summed E-state index contributed by atoms with van der Waals surface area (Å²) in [4.78, 5) is 25.8. The molecule has 4 rings (SSSR count). The lowest BCUT2D eigenvalue weighted by Gasteiger charge is -2.24. The molecule has 1 amide bonds. The zero-order valence-electron chi connectivity index (χ0n) is 15.9. The van der Waals surface area contributed by atoms with Crippen molar-refractivity contribution in [3.63, 3.8) is 0 Å². The van der Waals surface area contributed by atoms with Gasteiger partial charge in [0.15, 0.2) is 5.78 Å². The van der Waals surface area contributed by atoms with Gasteiger partial charge in [-0.15, -0.1) is 0 Å². The summed E-state index contributed by atoms with van der Waals surface area (Å²) in [6.45, 7) is 5.73. The number of anilines is 1. The van der Waals surface area contributed by atoms with Crippen molar-refractivity contribution < 1.29 is 9.59 Å². The molecule has 28 heavy (non-hydrogen) atoms. The van der Waals surface area contributed by atoms with Crippen LogP contribution in [0.5, 0.6) is 0 Å². The summed E-state index contributed by atoms with van der Waals surface area (Å²) >= 11 is 6.12. The third-order valence-corrected chi connectivity index (χ3v) is 5.37. The van der Waals surface area contributed by atoms with E-state index in [1.807, 2.05) is 51.1 Å². The molecule has 2 aromatic carbocycles. The van der Waals surface area contributed by atoms with Crippen molar-refractivity contribution in [2.45, 2.75) is 33.1 Å². The Kier molecular flexibility index (Phi) is 4.55. The first-order chi connectivity index (χ1) is 13.3. The SMILES string of the molecule is Cc1ccc(C)c(C(=O)[C@H]2CC(=O)Nc3c2c(C)nn3-c2cccc(Cl)c2)c1. The highest BCUT2D eigenvalue weighted by molar-refractivity contribution is 6.30. The summed E-state index contributed by atoms with van der Waals surface area (Å²) in [6.07, 6.45) is 0.112. The minimum absolute atomic E-state index is 0.0500. The first-order valence-corrected chi connectivity index (χ1v) is 9.49. The van der Waals surface area contributed by atoms with Crippen LogP contribution in [0, 0.1) is 20.8 Å². The molecule has 1 aromatic heterocycles. The minimum Gasteiger partial charge on any atom is -0.310 e. The predicted molar refractivity (Wildman–Crippen MR) is 110 cm³/mol. The fourth-order valence-electron chi connectivity index (χ4n) is 3.75. The van der Waals surface area contributed by atoms with Crippen molar-refractivity contribution in [1.29, 1.82) is 0 Å². The molecular weight excluding hydrogens is 374 g/mol. The van der Waals surface area contributed by atoms with Gasteiger partial charge in [-0.3, -0.25) is 9.59 Å². The van der Waals surface area contributed by atoms with Crippen LogP contribution in [0.25, 0.3) is 5.69 Å². The van der Waals surface area contributed by atoms with Crippen molar-refractivity contribution in [1.82, 2.24) is 9.78 Å². The van der Waals surface area contributed by atoms with Gasteiger partial charge < -0.3 is 5.32 Å². The zero-order valence-corrected chi connectivity index (χ0v) is 16.7. The maximum Gasteiger partial charge on any atom is 0.226 e. The highest BCUT2D eigenvalue weighted by atomic mass is 35.5.